The summed E-state index contributed by atoms with van der Waals surface area (Å²) in [7, 11) is -2.96. The monoisotopic (exact) mass is 463 g/mol. The van der Waals surface area contributed by atoms with E-state index in [4.69, 9.17) is 0 Å². The number of hydrogen-bond acceptors (Lipinski definition) is 6. The van der Waals surface area contributed by atoms with Crippen molar-refractivity contribution in [2.75, 3.05) is 12.8 Å². The summed E-state index contributed by atoms with van der Waals surface area (Å²) in [5, 5.41) is 15.7. The van der Waals surface area contributed by atoms with Crippen LogP contribution in [0.2, 0.25) is 0 Å². The number of benzene rings is 1. The van der Waals surface area contributed by atoms with Crippen molar-refractivity contribution in [3.63, 3.8) is 0 Å². The van der Waals surface area contributed by atoms with Crippen molar-refractivity contribution in [3.8, 4) is 5.69 Å². The lowest BCUT2D eigenvalue weighted by Gasteiger charge is -2.35. The lowest BCUT2D eigenvalue weighted by Crippen LogP contribution is -2.41. The summed E-state index contributed by atoms with van der Waals surface area (Å²) in [6.45, 7) is 7.15. The van der Waals surface area contributed by atoms with Gasteiger partial charge in [-0.2, -0.15) is 4.68 Å². The Labute approximate surface area is 190 Å². The van der Waals surface area contributed by atoms with E-state index in [0.717, 1.165) is 19.3 Å². The summed E-state index contributed by atoms with van der Waals surface area (Å²) in [6.07, 6.45) is 7.88. The minimum absolute atomic E-state index is 0.0889. The molecule has 0 bridgehead atoms. The first-order valence-electron chi connectivity index (χ1n) is 11.2. The topological polar surface area (TPSA) is 89.8 Å². The van der Waals surface area contributed by atoms with Crippen LogP contribution in [0.25, 0.3) is 5.69 Å². The van der Waals surface area contributed by atoms with E-state index < -0.39 is 9.84 Å². The summed E-state index contributed by atoms with van der Waals surface area (Å²) >= 11 is 0. The molecule has 1 heterocycles. The maximum absolute atomic E-state index is 13.4. The zero-order valence-electron chi connectivity index (χ0n) is 19.3. The molecule has 176 valence electrons. The standard InChI is InChI=1S/C23H34FN5O2S/c1-16(2)6-5-7-17(3)12-22(25-15-18-13-21(14-18)32(4,30)31)23-26-27-28-29(23)20-10-8-19(24)9-11-20/h6,8-11,17-18,21-22,25H,5,7,12-15H2,1-4H3. The van der Waals surface area contributed by atoms with E-state index in [9.17, 15) is 12.8 Å². The highest BCUT2D eigenvalue weighted by Crippen LogP contribution is 2.33. The van der Waals surface area contributed by atoms with E-state index in [1.54, 1.807) is 16.8 Å². The molecule has 2 atom stereocenters. The third-order valence-electron chi connectivity index (χ3n) is 6.18. The molecule has 1 aromatic heterocycles. The number of nitrogens with zero attached hydrogens (tertiary/aromatic N) is 4. The van der Waals surface area contributed by atoms with Gasteiger partial charge in [-0.25, -0.2) is 12.8 Å². The average Bonchev–Trinajstić information content (AvgIpc) is 3.14. The minimum atomic E-state index is -2.96. The molecule has 1 aromatic carbocycles. The molecule has 1 saturated carbocycles. The molecule has 2 aromatic rings. The molecule has 3 rings (SSSR count). The Morgan fingerprint density at radius 3 is 2.59 bits per heavy atom. The maximum atomic E-state index is 13.4. The predicted molar refractivity (Wildman–Crippen MR) is 124 cm³/mol. The van der Waals surface area contributed by atoms with Gasteiger partial charge in [0, 0.05) is 6.26 Å². The van der Waals surface area contributed by atoms with Crippen LogP contribution in [0, 0.1) is 17.7 Å². The highest BCUT2D eigenvalue weighted by Gasteiger charge is 2.36. The Hall–Kier alpha value is -2.13. The molecular formula is C23H34FN5O2S. The van der Waals surface area contributed by atoms with Crippen LogP contribution in [-0.2, 0) is 9.84 Å². The van der Waals surface area contributed by atoms with E-state index in [1.807, 2.05) is 0 Å². The molecular weight excluding hydrogens is 429 g/mol. The predicted octanol–water partition coefficient (Wildman–Crippen LogP) is 4.03. The van der Waals surface area contributed by atoms with Gasteiger partial charge in [-0.3, -0.25) is 0 Å². The number of rotatable bonds is 11. The van der Waals surface area contributed by atoms with Crippen molar-refractivity contribution in [2.24, 2.45) is 11.8 Å². The normalized spacial score (nSPS) is 20.4. The van der Waals surface area contributed by atoms with Gasteiger partial charge in [0.15, 0.2) is 5.82 Å². The van der Waals surface area contributed by atoms with Crippen molar-refractivity contribution in [2.45, 2.75) is 64.2 Å². The van der Waals surface area contributed by atoms with Crippen LogP contribution in [0.3, 0.4) is 0 Å². The first kappa shape index (κ1) is 24.5. The second-order valence-electron chi connectivity index (χ2n) is 9.37. The molecule has 0 amide bonds. The minimum Gasteiger partial charge on any atom is -0.307 e. The largest absolute Gasteiger partial charge is 0.307 e. The summed E-state index contributed by atoms with van der Waals surface area (Å²) in [4.78, 5) is 0. The van der Waals surface area contributed by atoms with Crippen LogP contribution in [0.4, 0.5) is 4.39 Å². The second kappa shape index (κ2) is 10.7. The van der Waals surface area contributed by atoms with Crippen LogP contribution >= 0.6 is 0 Å². The molecule has 1 fully saturated rings. The molecule has 0 aliphatic heterocycles. The number of aromatic nitrogens is 4. The van der Waals surface area contributed by atoms with Gasteiger partial charge in [0.1, 0.15) is 15.7 Å². The summed E-state index contributed by atoms with van der Waals surface area (Å²) in [5.74, 6) is 1.14. The van der Waals surface area contributed by atoms with E-state index in [-0.39, 0.29) is 17.1 Å². The zero-order valence-corrected chi connectivity index (χ0v) is 20.1. The number of hydrogen-bond donors (Lipinski definition) is 1. The Morgan fingerprint density at radius 2 is 1.97 bits per heavy atom. The fourth-order valence-electron chi connectivity index (χ4n) is 4.13. The zero-order chi connectivity index (χ0) is 23.3. The third kappa shape index (κ3) is 6.68. The highest BCUT2D eigenvalue weighted by atomic mass is 32.2. The Balaban J connectivity index is 1.72. The third-order valence-corrected chi connectivity index (χ3v) is 7.77. The smallest absolute Gasteiger partial charge is 0.173 e. The SMILES string of the molecule is CC(C)=CCCC(C)CC(NCC1CC(S(C)(=O)=O)C1)c1nnnn1-c1ccc(F)cc1. The van der Waals surface area contributed by atoms with Gasteiger partial charge in [0.2, 0.25) is 0 Å². The van der Waals surface area contributed by atoms with E-state index in [1.165, 1.54) is 24.0 Å². The molecule has 7 nitrogen and oxygen atoms in total. The van der Waals surface area contributed by atoms with Crippen molar-refractivity contribution in [3.05, 3.63) is 47.6 Å². The van der Waals surface area contributed by atoms with E-state index in [0.29, 0.717) is 42.7 Å². The van der Waals surface area contributed by atoms with E-state index >= 15 is 0 Å². The number of sulfone groups is 1. The van der Waals surface area contributed by atoms with Crippen molar-refractivity contribution in [1.29, 1.82) is 0 Å². The Kier molecular flexibility index (Phi) is 8.16. The molecule has 1 N–H and O–H groups in total. The number of nitrogens with one attached hydrogen (secondary N) is 1. The maximum Gasteiger partial charge on any atom is 0.173 e. The van der Waals surface area contributed by atoms with Gasteiger partial charge in [0.25, 0.3) is 0 Å². The van der Waals surface area contributed by atoms with Gasteiger partial charge < -0.3 is 5.32 Å². The quantitative estimate of drug-likeness (QED) is 0.506. The molecule has 9 heteroatoms. The molecule has 32 heavy (non-hydrogen) atoms. The highest BCUT2D eigenvalue weighted by molar-refractivity contribution is 7.91. The Bertz CT molecular complexity index is 1010. The van der Waals surface area contributed by atoms with Crippen molar-refractivity contribution >= 4 is 9.84 Å². The Morgan fingerprint density at radius 1 is 1.28 bits per heavy atom. The molecule has 0 radical (unpaired) electrons. The van der Waals surface area contributed by atoms with Crippen LogP contribution in [0.1, 0.15) is 64.7 Å². The molecule has 1 aliphatic rings. The number of allylic oxidation sites excluding steroid dienone is 2. The molecule has 0 spiro atoms. The first-order valence-corrected chi connectivity index (χ1v) is 13.2. The summed E-state index contributed by atoms with van der Waals surface area (Å²) in [5.41, 5.74) is 2.02. The first-order chi connectivity index (χ1) is 15.1. The van der Waals surface area contributed by atoms with Gasteiger partial charge >= 0.3 is 0 Å². The molecule has 2 unspecified atom stereocenters. The summed E-state index contributed by atoms with van der Waals surface area (Å²) in [6, 6.07) is 6.02. The number of halogens is 1. The van der Waals surface area contributed by atoms with Crippen molar-refractivity contribution in [1.82, 2.24) is 25.5 Å². The van der Waals surface area contributed by atoms with Crippen LogP contribution in [0.5, 0.6) is 0 Å². The van der Waals surface area contributed by atoms with E-state index in [2.05, 4.69) is 47.7 Å². The molecule has 1 aliphatic carbocycles. The van der Waals surface area contributed by atoms with Gasteiger partial charge in [-0.15, -0.1) is 5.10 Å². The average molecular weight is 464 g/mol. The van der Waals surface area contributed by atoms with Crippen LogP contribution < -0.4 is 5.32 Å². The second-order valence-corrected chi connectivity index (χ2v) is 11.7. The lowest BCUT2D eigenvalue weighted by atomic mass is 9.84. The summed E-state index contributed by atoms with van der Waals surface area (Å²) < 4.78 is 38.5. The molecule has 0 saturated heterocycles. The van der Waals surface area contributed by atoms with Gasteiger partial charge in [-0.05, 0) is 99.0 Å². The van der Waals surface area contributed by atoms with Crippen LogP contribution in [0.15, 0.2) is 35.9 Å². The van der Waals surface area contributed by atoms with Gasteiger partial charge in [-0.1, -0.05) is 18.6 Å². The van der Waals surface area contributed by atoms with Crippen LogP contribution in [-0.4, -0.2) is 46.7 Å². The van der Waals surface area contributed by atoms with Crippen molar-refractivity contribution < 1.29 is 12.8 Å². The number of tetrazole rings is 1. The fraction of sp³-hybridized carbons (Fsp3) is 0.609. The lowest BCUT2D eigenvalue weighted by molar-refractivity contribution is 0.274. The van der Waals surface area contributed by atoms with Gasteiger partial charge in [0.05, 0.1) is 17.0 Å². The fourth-order valence-corrected chi connectivity index (χ4v) is 5.38.